The summed E-state index contributed by atoms with van der Waals surface area (Å²) in [5.74, 6) is 0.962. The Kier molecular flexibility index (Phi) is 3.32. The molecule has 1 atom stereocenters. The van der Waals surface area contributed by atoms with Gasteiger partial charge in [-0.1, -0.05) is 29.4 Å². The lowest BCUT2D eigenvalue weighted by molar-refractivity contribution is -0.124. The number of hydrogen-bond acceptors (Lipinski definition) is 1. The Bertz CT molecular complexity index is 199. The Morgan fingerprint density at radius 3 is 2.75 bits per heavy atom. The molecular formula is C9H14BrNO. The fraction of sp³-hybridized carbons (Fsp3) is 0.667. The van der Waals surface area contributed by atoms with Crippen LogP contribution >= 0.6 is 15.9 Å². The van der Waals surface area contributed by atoms with Crippen molar-refractivity contribution >= 4 is 21.8 Å². The molecule has 3 heteroatoms. The van der Waals surface area contributed by atoms with E-state index in [9.17, 15) is 4.79 Å². The van der Waals surface area contributed by atoms with E-state index in [0.29, 0.717) is 12.5 Å². The molecule has 0 radical (unpaired) electrons. The fourth-order valence-electron chi connectivity index (χ4n) is 1.15. The van der Waals surface area contributed by atoms with Gasteiger partial charge in [-0.25, -0.2) is 0 Å². The van der Waals surface area contributed by atoms with Crippen molar-refractivity contribution in [3.8, 4) is 0 Å². The van der Waals surface area contributed by atoms with Gasteiger partial charge in [-0.15, -0.1) is 0 Å². The molecule has 12 heavy (non-hydrogen) atoms. The zero-order valence-electron chi connectivity index (χ0n) is 7.27. The van der Waals surface area contributed by atoms with E-state index >= 15 is 0 Å². The van der Waals surface area contributed by atoms with Crippen LogP contribution in [0.5, 0.6) is 0 Å². The van der Waals surface area contributed by atoms with Crippen molar-refractivity contribution in [1.29, 1.82) is 0 Å². The lowest BCUT2D eigenvalue weighted by Gasteiger charge is -2.09. The van der Waals surface area contributed by atoms with E-state index in [4.69, 9.17) is 0 Å². The number of hydrogen-bond donors (Lipinski definition) is 1. The van der Waals surface area contributed by atoms with Crippen molar-refractivity contribution in [2.75, 3.05) is 6.54 Å². The predicted octanol–water partition coefficient (Wildman–Crippen LogP) is 2.06. The second-order valence-electron chi connectivity index (χ2n) is 3.36. The van der Waals surface area contributed by atoms with Crippen LogP contribution in [-0.4, -0.2) is 12.5 Å². The molecule has 0 aromatic carbocycles. The average molecular weight is 232 g/mol. The molecule has 1 rings (SSSR count). The van der Waals surface area contributed by atoms with Crippen molar-refractivity contribution < 1.29 is 4.79 Å². The molecule has 1 aliphatic carbocycles. The summed E-state index contributed by atoms with van der Waals surface area (Å²) in [6, 6.07) is 0. The molecule has 1 N–H and O–H groups in total. The standard InChI is InChI=1S/C9H14BrNO/c1-6(10)5-11-9(12)7(2)8-3-4-8/h7-8H,1,3-5H2,2H3,(H,11,12). The molecule has 1 aliphatic rings. The first kappa shape index (κ1) is 9.78. The van der Waals surface area contributed by atoms with Crippen molar-refractivity contribution in [2.24, 2.45) is 11.8 Å². The Morgan fingerprint density at radius 1 is 1.75 bits per heavy atom. The molecule has 2 nitrogen and oxygen atoms in total. The minimum absolute atomic E-state index is 0.151. The van der Waals surface area contributed by atoms with Crippen molar-refractivity contribution in [3.05, 3.63) is 11.1 Å². The zero-order valence-corrected chi connectivity index (χ0v) is 8.86. The van der Waals surface area contributed by atoms with Gasteiger partial charge in [0.25, 0.3) is 0 Å². The van der Waals surface area contributed by atoms with Crippen LogP contribution in [0.4, 0.5) is 0 Å². The third-order valence-corrected chi connectivity index (χ3v) is 2.48. The Hall–Kier alpha value is -0.310. The van der Waals surface area contributed by atoms with Crippen LogP contribution in [0.2, 0.25) is 0 Å². The lowest BCUT2D eigenvalue weighted by atomic mass is 10.1. The molecule has 1 unspecified atom stereocenters. The topological polar surface area (TPSA) is 29.1 Å². The van der Waals surface area contributed by atoms with Gasteiger partial charge < -0.3 is 5.32 Å². The Balaban J connectivity index is 2.22. The van der Waals surface area contributed by atoms with Crippen LogP contribution in [0, 0.1) is 11.8 Å². The molecular weight excluding hydrogens is 218 g/mol. The SMILES string of the molecule is C=C(Br)CNC(=O)C(C)C1CC1. The molecule has 0 bridgehead atoms. The van der Waals surface area contributed by atoms with E-state index < -0.39 is 0 Å². The highest BCUT2D eigenvalue weighted by Gasteiger charge is 2.32. The number of carbonyl (C=O) groups is 1. The normalized spacial score (nSPS) is 18.5. The molecule has 0 aromatic rings. The summed E-state index contributed by atoms with van der Waals surface area (Å²) in [5, 5.41) is 2.82. The molecule has 0 saturated heterocycles. The van der Waals surface area contributed by atoms with Crippen molar-refractivity contribution in [3.63, 3.8) is 0 Å². The third kappa shape index (κ3) is 2.97. The fourth-order valence-corrected chi connectivity index (χ4v) is 1.29. The molecule has 1 saturated carbocycles. The third-order valence-electron chi connectivity index (χ3n) is 2.20. The number of rotatable bonds is 4. The highest BCUT2D eigenvalue weighted by atomic mass is 79.9. The van der Waals surface area contributed by atoms with Crippen LogP contribution in [-0.2, 0) is 4.79 Å². The van der Waals surface area contributed by atoms with E-state index in [-0.39, 0.29) is 11.8 Å². The highest BCUT2D eigenvalue weighted by molar-refractivity contribution is 9.11. The van der Waals surface area contributed by atoms with Gasteiger partial charge in [0, 0.05) is 16.9 Å². The number of nitrogens with one attached hydrogen (secondary N) is 1. The summed E-state index contributed by atoms with van der Waals surface area (Å²) in [6.07, 6.45) is 2.42. The molecule has 0 heterocycles. The summed E-state index contributed by atoms with van der Waals surface area (Å²) in [4.78, 5) is 11.4. The quantitative estimate of drug-likeness (QED) is 0.789. The summed E-state index contributed by atoms with van der Waals surface area (Å²) < 4.78 is 0.818. The Labute approximate surface area is 81.5 Å². The van der Waals surface area contributed by atoms with Crippen molar-refractivity contribution in [1.82, 2.24) is 5.32 Å². The summed E-state index contributed by atoms with van der Waals surface area (Å²) in [7, 11) is 0. The van der Waals surface area contributed by atoms with Gasteiger partial charge in [0.15, 0.2) is 0 Å². The zero-order chi connectivity index (χ0) is 9.14. The maximum atomic E-state index is 11.4. The summed E-state index contributed by atoms with van der Waals surface area (Å²) in [5.41, 5.74) is 0. The first-order chi connectivity index (χ1) is 5.61. The maximum Gasteiger partial charge on any atom is 0.223 e. The van der Waals surface area contributed by atoms with Gasteiger partial charge >= 0.3 is 0 Å². The van der Waals surface area contributed by atoms with Gasteiger partial charge in [-0.3, -0.25) is 4.79 Å². The van der Waals surface area contributed by atoms with Gasteiger partial charge in [0.2, 0.25) is 5.91 Å². The van der Waals surface area contributed by atoms with Crippen molar-refractivity contribution in [2.45, 2.75) is 19.8 Å². The van der Waals surface area contributed by atoms with Crippen LogP contribution in [0.25, 0.3) is 0 Å². The van der Waals surface area contributed by atoms with E-state index in [1.807, 2.05) is 6.92 Å². The van der Waals surface area contributed by atoms with E-state index in [2.05, 4.69) is 27.8 Å². The highest BCUT2D eigenvalue weighted by Crippen LogP contribution is 2.36. The lowest BCUT2D eigenvalue weighted by Crippen LogP contribution is -2.30. The number of carbonyl (C=O) groups excluding carboxylic acids is 1. The van der Waals surface area contributed by atoms with Crippen LogP contribution in [0.15, 0.2) is 11.1 Å². The smallest absolute Gasteiger partial charge is 0.223 e. The van der Waals surface area contributed by atoms with Gasteiger partial charge in [0.1, 0.15) is 0 Å². The van der Waals surface area contributed by atoms with E-state index in [0.717, 1.165) is 4.48 Å². The predicted molar refractivity (Wildman–Crippen MR) is 53.0 cm³/mol. The minimum Gasteiger partial charge on any atom is -0.351 e. The molecule has 1 amide bonds. The number of amides is 1. The molecule has 68 valence electrons. The van der Waals surface area contributed by atoms with E-state index in [1.165, 1.54) is 12.8 Å². The minimum atomic E-state index is 0.151. The van der Waals surface area contributed by atoms with Gasteiger partial charge in [-0.2, -0.15) is 0 Å². The Morgan fingerprint density at radius 2 is 2.33 bits per heavy atom. The van der Waals surface area contributed by atoms with Gasteiger partial charge in [-0.05, 0) is 18.8 Å². The molecule has 0 aliphatic heterocycles. The first-order valence-electron chi connectivity index (χ1n) is 4.22. The second-order valence-corrected chi connectivity index (χ2v) is 4.48. The van der Waals surface area contributed by atoms with Gasteiger partial charge in [0.05, 0.1) is 0 Å². The largest absolute Gasteiger partial charge is 0.351 e. The molecule has 0 aromatic heterocycles. The second kappa shape index (κ2) is 4.08. The van der Waals surface area contributed by atoms with E-state index in [1.54, 1.807) is 0 Å². The number of halogens is 1. The van der Waals surface area contributed by atoms with Crippen LogP contribution < -0.4 is 5.32 Å². The average Bonchev–Trinajstić information content (AvgIpc) is 2.80. The summed E-state index contributed by atoms with van der Waals surface area (Å²) in [6.45, 7) is 6.18. The maximum absolute atomic E-state index is 11.4. The first-order valence-corrected chi connectivity index (χ1v) is 5.01. The molecule has 0 spiro atoms. The van der Waals surface area contributed by atoms with Crippen LogP contribution in [0.3, 0.4) is 0 Å². The van der Waals surface area contributed by atoms with Crippen LogP contribution in [0.1, 0.15) is 19.8 Å². The summed E-state index contributed by atoms with van der Waals surface area (Å²) >= 11 is 3.20. The monoisotopic (exact) mass is 231 g/mol. The molecule has 1 fully saturated rings.